The Labute approximate surface area is 112 Å². The van der Waals surface area contributed by atoms with E-state index in [1.165, 1.54) is 5.56 Å². The van der Waals surface area contributed by atoms with Crippen LogP contribution in [0.2, 0.25) is 5.15 Å². The van der Waals surface area contributed by atoms with E-state index < -0.39 is 0 Å². The van der Waals surface area contributed by atoms with Gasteiger partial charge < -0.3 is 14.3 Å². The van der Waals surface area contributed by atoms with Gasteiger partial charge in [0.15, 0.2) is 0 Å². The number of nitrogens with zero attached hydrogens (tertiary/aromatic N) is 2. The fourth-order valence-corrected chi connectivity index (χ4v) is 2.17. The first-order valence-electron chi connectivity index (χ1n) is 5.95. The summed E-state index contributed by atoms with van der Waals surface area (Å²) in [6, 6.07) is 2.29. The average molecular weight is 268 g/mol. The van der Waals surface area contributed by atoms with E-state index in [-0.39, 0.29) is 6.04 Å². The Balaban J connectivity index is 2.02. The third kappa shape index (κ3) is 2.60. The molecule has 0 aliphatic heterocycles. The molecule has 2 aromatic rings. The van der Waals surface area contributed by atoms with Crippen LogP contribution in [-0.2, 0) is 13.6 Å². The molecule has 0 aromatic carbocycles. The Morgan fingerprint density at radius 2 is 2.22 bits per heavy atom. The van der Waals surface area contributed by atoms with E-state index in [1.807, 2.05) is 25.5 Å². The van der Waals surface area contributed by atoms with E-state index in [0.717, 1.165) is 17.3 Å². The summed E-state index contributed by atoms with van der Waals surface area (Å²) in [5, 5.41) is 4.07. The highest BCUT2D eigenvalue weighted by Crippen LogP contribution is 2.21. The third-order valence-electron chi connectivity index (χ3n) is 3.14. The molecule has 4 nitrogen and oxygen atoms in total. The topological polar surface area (TPSA) is 43.0 Å². The first-order valence-corrected chi connectivity index (χ1v) is 6.33. The van der Waals surface area contributed by atoms with Gasteiger partial charge in [0.1, 0.15) is 22.5 Å². The summed E-state index contributed by atoms with van der Waals surface area (Å²) in [5.74, 6) is 2.83. The summed E-state index contributed by atoms with van der Waals surface area (Å²) in [4.78, 5) is 4.25. The van der Waals surface area contributed by atoms with Gasteiger partial charge in [-0.3, -0.25) is 0 Å². The van der Waals surface area contributed by atoms with Gasteiger partial charge in [-0.15, -0.1) is 0 Å². The Morgan fingerprint density at radius 1 is 1.50 bits per heavy atom. The van der Waals surface area contributed by atoms with Gasteiger partial charge in [0, 0.05) is 18.7 Å². The van der Waals surface area contributed by atoms with Crippen LogP contribution in [0, 0.1) is 13.8 Å². The summed E-state index contributed by atoms with van der Waals surface area (Å²) in [5.41, 5.74) is 1.19. The fourth-order valence-electron chi connectivity index (χ4n) is 2.02. The molecule has 0 amide bonds. The Kier molecular flexibility index (Phi) is 3.78. The van der Waals surface area contributed by atoms with Crippen LogP contribution >= 0.6 is 11.6 Å². The second-order valence-corrected chi connectivity index (χ2v) is 4.91. The van der Waals surface area contributed by atoms with E-state index in [9.17, 15) is 0 Å². The highest BCUT2D eigenvalue weighted by molar-refractivity contribution is 6.29. The molecular formula is C13H18ClN3O. The monoisotopic (exact) mass is 267 g/mol. The minimum absolute atomic E-state index is 0.220. The molecule has 0 aliphatic carbocycles. The van der Waals surface area contributed by atoms with Crippen LogP contribution in [0.25, 0.3) is 0 Å². The molecule has 2 heterocycles. The SMILES string of the molecule is Cc1cc(C(C)NCc2ncc(Cl)n2C)c(C)o1. The number of hydrogen-bond donors (Lipinski definition) is 1. The second kappa shape index (κ2) is 5.16. The zero-order valence-electron chi connectivity index (χ0n) is 11.1. The van der Waals surface area contributed by atoms with E-state index >= 15 is 0 Å². The van der Waals surface area contributed by atoms with Gasteiger partial charge in [0.25, 0.3) is 0 Å². The lowest BCUT2D eigenvalue weighted by atomic mass is 10.1. The molecule has 98 valence electrons. The quantitative estimate of drug-likeness (QED) is 0.925. The van der Waals surface area contributed by atoms with Crippen molar-refractivity contribution in [3.05, 3.63) is 40.3 Å². The molecule has 0 saturated carbocycles. The molecule has 1 unspecified atom stereocenters. The number of imidazole rings is 1. The van der Waals surface area contributed by atoms with Crippen LogP contribution in [0.5, 0.6) is 0 Å². The highest BCUT2D eigenvalue weighted by Gasteiger charge is 2.13. The summed E-state index contributed by atoms with van der Waals surface area (Å²) in [7, 11) is 1.91. The summed E-state index contributed by atoms with van der Waals surface area (Å²) in [6.45, 7) is 6.73. The Hall–Kier alpha value is -1.26. The Bertz CT molecular complexity index is 544. The first-order chi connectivity index (χ1) is 8.49. The fraction of sp³-hybridized carbons (Fsp3) is 0.462. The lowest BCUT2D eigenvalue weighted by Gasteiger charge is -2.13. The van der Waals surface area contributed by atoms with Crippen LogP contribution in [0.1, 0.15) is 35.9 Å². The summed E-state index contributed by atoms with van der Waals surface area (Å²) in [6.07, 6.45) is 1.66. The van der Waals surface area contributed by atoms with Crippen molar-refractivity contribution in [2.75, 3.05) is 0 Å². The Morgan fingerprint density at radius 3 is 2.72 bits per heavy atom. The highest BCUT2D eigenvalue weighted by atomic mass is 35.5. The number of nitrogens with one attached hydrogen (secondary N) is 1. The third-order valence-corrected chi connectivity index (χ3v) is 3.49. The molecule has 0 saturated heterocycles. The maximum atomic E-state index is 5.95. The van der Waals surface area contributed by atoms with Crippen molar-refractivity contribution in [3.8, 4) is 0 Å². The molecule has 0 spiro atoms. The van der Waals surface area contributed by atoms with E-state index in [2.05, 4.69) is 23.3 Å². The molecule has 0 aliphatic rings. The number of halogens is 1. The van der Waals surface area contributed by atoms with Gasteiger partial charge in [0.05, 0.1) is 12.7 Å². The zero-order chi connectivity index (χ0) is 13.3. The van der Waals surface area contributed by atoms with Gasteiger partial charge in [-0.1, -0.05) is 11.6 Å². The minimum Gasteiger partial charge on any atom is -0.466 e. The molecule has 0 bridgehead atoms. The van der Waals surface area contributed by atoms with Crippen LogP contribution in [0.3, 0.4) is 0 Å². The number of furan rings is 1. The van der Waals surface area contributed by atoms with Crippen LogP contribution in [-0.4, -0.2) is 9.55 Å². The molecule has 2 aromatic heterocycles. The van der Waals surface area contributed by atoms with Crippen molar-refractivity contribution in [1.29, 1.82) is 0 Å². The lowest BCUT2D eigenvalue weighted by Crippen LogP contribution is -2.20. The molecular weight excluding hydrogens is 250 g/mol. The van der Waals surface area contributed by atoms with Crippen molar-refractivity contribution in [2.24, 2.45) is 7.05 Å². The number of aryl methyl sites for hydroxylation is 2. The standard InChI is InChI=1S/C13H18ClN3O/c1-8-5-11(10(3)18-8)9(2)15-7-13-16-6-12(14)17(13)4/h5-6,9,15H,7H2,1-4H3. The van der Waals surface area contributed by atoms with E-state index in [1.54, 1.807) is 6.20 Å². The molecule has 1 N–H and O–H groups in total. The van der Waals surface area contributed by atoms with Gasteiger partial charge in [0.2, 0.25) is 0 Å². The molecule has 2 rings (SSSR count). The maximum Gasteiger partial charge on any atom is 0.128 e. The van der Waals surface area contributed by atoms with E-state index in [4.69, 9.17) is 16.0 Å². The zero-order valence-corrected chi connectivity index (χ0v) is 11.9. The minimum atomic E-state index is 0.220. The number of hydrogen-bond acceptors (Lipinski definition) is 3. The predicted molar refractivity (Wildman–Crippen MR) is 71.7 cm³/mol. The van der Waals surface area contributed by atoms with Crippen LogP contribution in [0.15, 0.2) is 16.7 Å². The average Bonchev–Trinajstić information content (AvgIpc) is 2.81. The number of rotatable bonds is 4. The molecule has 0 radical (unpaired) electrons. The molecule has 0 fully saturated rings. The van der Waals surface area contributed by atoms with Crippen molar-refractivity contribution < 1.29 is 4.42 Å². The van der Waals surface area contributed by atoms with Crippen LogP contribution < -0.4 is 5.32 Å². The van der Waals surface area contributed by atoms with Gasteiger partial charge in [-0.05, 0) is 26.8 Å². The van der Waals surface area contributed by atoms with E-state index in [0.29, 0.717) is 11.7 Å². The molecule has 5 heteroatoms. The van der Waals surface area contributed by atoms with Crippen molar-refractivity contribution >= 4 is 11.6 Å². The van der Waals surface area contributed by atoms with Gasteiger partial charge in [-0.2, -0.15) is 0 Å². The molecule has 18 heavy (non-hydrogen) atoms. The smallest absolute Gasteiger partial charge is 0.128 e. The second-order valence-electron chi connectivity index (χ2n) is 4.53. The van der Waals surface area contributed by atoms with Gasteiger partial charge >= 0.3 is 0 Å². The first kappa shape index (κ1) is 13.2. The van der Waals surface area contributed by atoms with Crippen molar-refractivity contribution in [2.45, 2.75) is 33.4 Å². The summed E-state index contributed by atoms with van der Waals surface area (Å²) >= 11 is 5.95. The summed E-state index contributed by atoms with van der Waals surface area (Å²) < 4.78 is 7.40. The largest absolute Gasteiger partial charge is 0.466 e. The normalized spacial score (nSPS) is 12.9. The van der Waals surface area contributed by atoms with Crippen LogP contribution in [0.4, 0.5) is 0 Å². The predicted octanol–water partition coefficient (Wildman–Crippen LogP) is 3.13. The molecule has 1 atom stereocenters. The number of aromatic nitrogens is 2. The van der Waals surface area contributed by atoms with Gasteiger partial charge in [-0.25, -0.2) is 4.98 Å². The maximum absolute atomic E-state index is 5.95. The van der Waals surface area contributed by atoms with Crippen molar-refractivity contribution in [1.82, 2.24) is 14.9 Å². The van der Waals surface area contributed by atoms with Crippen molar-refractivity contribution in [3.63, 3.8) is 0 Å². The lowest BCUT2D eigenvalue weighted by molar-refractivity contribution is 0.487.